The molecule has 2 heterocycles. The van der Waals surface area contributed by atoms with Crippen LogP contribution in [0.5, 0.6) is 0 Å². The molecule has 0 radical (unpaired) electrons. The van der Waals surface area contributed by atoms with Gasteiger partial charge in [0.1, 0.15) is 11.4 Å². The van der Waals surface area contributed by atoms with Gasteiger partial charge in [0, 0.05) is 12.1 Å². The molecule has 0 fully saturated rings. The molecular formula is C22H18ClN5O4S. The van der Waals surface area contributed by atoms with E-state index in [4.69, 9.17) is 17.3 Å². The molecular weight excluding hydrogens is 466 g/mol. The highest BCUT2D eigenvalue weighted by Gasteiger charge is 2.21. The molecule has 0 unspecified atom stereocenters. The Bertz CT molecular complexity index is 1610. The fourth-order valence-corrected chi connectivity index (χ4v) is 4.42. The van der Waals surface area contributed by atoms with Crippen LogP contribution in [0.15, 0.2) is 62.0 Å². The van der Waals surface area contributed by atoms with Gasteiger partial charge in [0.15, 0.2) is 10.9 Å². The van der Waals surface area contributed by atoms with Gasteiger partial charge >= 0.3 is 5.69 Å². The maximum absolute atomic E-state index is 13.4. The van der Waals surface area contributed by atoms with E-state index in [1.807, 2.05) is 0 Å². The molecule has 11 heteroatoms. The zero-order chi connectivity index (χ0) is 23.9. The van der Waals surface area contributed by atoms with Crippen molar-refractivity contribution >= 4 is 45.9 Å². The number of Topliss-reactive ketones (excluding diaryl/α,β-unsaturated/α-hetero) is 1. The molecule has 3 N–H and O–H groups in total. The third-order valence-corrected chi connectivity index (χ3v) is 6.55. The van der Waals surface area contributed by atoms with Gasteiger partial charge in [0.05, 0.1) is 22.3 Å². The van der Waals surface area contributed by atoms with Crippen LogP contribution in [0.3, 0.4) is 0 Å². The minimum Gasteiger partial charge on any atom is -0.384 e. The minimum atomic E-state index is -0.865. The van der Waals surface area contributed by atoms with Gasteiger partial charge in [0.2, 0.25) is 0 Å². The highest BCUT2D eigenvalue weighted by Crippen LogP contribution is 2.27. The zero-order valence-corrected chi connectivity index (χ0v) is 19.2. The van der Waals surface area contributed by atoms with E-state index in [1.54, 1.807) is 49.4 Å². The van der Waals surface area contributed by atoms with E-state index in [0.717, 1.165) is 16.3 Å². The van der Waals surface area contributed by atoms with Crippen LogP contribution in [0.2, 0.25) is 5.02 Å². The maximum Gasteiger partial charge on any atom is 0.329 e. The number of halogens is 1. The van der Waals surface area contributed by atoms with Crippen molar-refractivity contribution in [1.29, 1.82) is 0 Å². The quantitative estimate of drug-likeness (QED) is 0.253. The molecule has 33 heavy (non-hydrogen) atoms. The normalized spacial score (nSPS) is 11.1. The first-order chi connectivity index (χ1) is 15.7. The van der Waals surface area contributed by atoms with Crippen LogP contribution in [0.1, 0.15) is 15.9 Å². The Morgan fingerprint density at radius 3 is 2.64 bits per heavy atom. The average Bonchev–Trinajstić information content (AvgIpc) is 2.78. The van der Waals surface area contributed by atoms with Gasteiger partial charge in [-0.15, -0.1) is 0 Å². The summed E-state index contributed by atoms with van der Waals surface area (Å²) in [5.41, 5.74) is 5.28. The van der Waals surface area contributed by atoms with Crippen LogP contribution >= 0.6 is 23.4 Å². The summed E-state index contributed by atoms with van der Waals surface area (Å²) in [6, 6.07) is 12.0. The Hall–Kier alpha value is -3.63. The summed E-state index contributed by atoms with van der Waals surface area (Å²) in [6.07, 6.45) is 0. The first-order valence-electron chi connectivity index (χ1n) is 9.72. The van der Waals surface area contributed by atoms with E-state index in [0.29, 0.717) is 27.2 Å². The SMILES string of the molecule is Cc1c(Cl)cccc1-n1c(SCC(=O)c2c(N)n(C)c(=O)[nH]c2=O)nc2ccccc2c1=O. The van der Waals surface area contributed by atoms with Crippen molar-refractivity contribution in [2.24, 2.45) is 7.05 Å². The summed E-state index contributed by atoms with van der Waals surface area (Å²) in [7, 11) is 1.35. The number of aromatic amines is 1. The molecule has 0 bridgehead atoms. The lowest BCUT2D eigenvalue weighted by atomic mass is 10.2. The maximum atomic E-state index is 13.4. The van der Waals surface area contributed by atoms with Crippen LogP contribution in [0.25, 0.3) is 16.6 Å². The molecule has 9 nitrogen and oxygen atoms in total. The van der Waals surface area contributed by atoms with Crippen LogP contribution < -0.4 is 22.5 Å². The lowest BCUT2D eigenvalue weighted by molar-refractivity contribution is 0.102. The van der Waals surface area contributed by atoms with Gasteiger partial charge in [-0.3, -0.25) is 28.5 Å². The molecule has 0 saturated heterocycles. The Morgan fingerprint density at radius 1 is 1.15 bits per heavy atom. The standard InChI is InChI=1S/C22H18ClN5O4S/c1-11-13(23)7-5-9-15(11)28-20(31)12-6-3-4-8-14(12)25-22(28)33-10-16(29)17-18(24)27(2)21(32)26-19(17)30/h3-9H,10,24H2,1-2H3,(H,26,30,32). The number of nitrogens with two attached hydrogens (primary N) is 1. The summed E-state index contributed by atoms with van der Waals surface area (Å²) in [5, 5.41) is 1.13. The molecule has 2 aromatic carbocycles. The highest BCUT2D eigenvalue weighted by molar-refractivity contribution is 7.99. The van der Waals surface area contributed by atoms with Crippen LogP contribution in [0, 0.1) is 6.92 Å². The number of hydrogen-bond acceptors (Lipinski definition) is 7. The van der Waals surface area contributed by atoms with Crippen molar-refractivity contribution in [2.75, 3.05) is 11.5 Å². The molecule has 0 aliphatic carbocycles. The number of hydrogen-bond donors (Lipinski definition) is 2. The molecule has 2 aromatic heterocycles. The van der Waals surface area contributed by atoms with Crippen LogP contribution in [0.4, 0.5) is 5.82 Å². The van der Waals surface area contributed by atoms with Gasteiger partial charge in [-0.25, -0.2) is 9.78 Å². The molecule has 0 aliphatic heterocycles. The Labute approximate surface area is 195 Å². The molecule has 0 saturated carbocycles. The van der Waals surface area contributed by atoms with Crippen molar-refractivity contribution in [2.45, 2.75) is 12.1 Å². The second kappa shape index (κ2) is 8.72. The molecule has 4 rings (SSSR count). The van der Waals surface area contributed by atoms with Crippen molar-refractivity contribution in [3.63, 3.8) is 0 Å². The van der Waals surface area contributed by atoms with Crippen LogP contribution in [-0.2, 0) is 7.05 Å². The smallest absolute Gasteiger partial charge is 0.329 e. The molecule has 168 valence electrons. The number of thioether (sulfide) groups is 1. The number of benzene rings is 2. The summed E-state index contributed by atoms with van der Waals surface area (Å²) in [5.74, 6) is -1.08. The highest BCUT2D eigenvalue weighted by atomic mass is 35.5. The average molecular weight is 484 g/mol. The third-order valence-electron chi connectivity index (χ3n) is 5.21. The van der Waals surface area contributed by atoms with Crippen molar-refractivity contribution in [1.82, 2.24) is 19.1 Å². The molecule has 0 atom stereocenters. The lowest BCUT2D eigenvalue weighted by Crippen LogP contribution is -2.35. The lowest BCUT2D eigenvalue weighted by Gasteiger charge is -2.15. The predicted octanol–water partition coefficient (Wildman–Crippen LogP) is 2.29. The molecule has 4 aromatic rings. The fraction of sp³-hybridized carbons (Fsp3) is 0.136. The topological polar surface area (TPSA) is 133 Å². The first-order valence-corrected chi connectivity index (χ1v) is 11.1. The monoisotopic (exact) mass is 483 g/mol. The number of nitrogens with one attached hydrogen (secondary N) is 1. The number of carbonyl (C=O) groups excluding carboxylic acids is 1. The number of nitrogen functional groups attached to an aromatic ring is 1. The summed E-state index contributed by atoms with van der Waals surface area (Å²) in [4.78, 5) is 56.8. The van der Waals surface area contributed by atoms with E-state index in [2.05, 4.69) is 9.97 Å². The second-order valence-corrected chi connectivity index (χ2v) is 8.58. The number of carbonyl (C=O) groups is 1. The molecule has 0 spiro atoms. The number of anilines is 1. The number of rotatable bonds is 5. The van der Waals surface area contributed by atoms with E-state index >= 15 is 0 Å². The summed E-state index contributed by atoms with van der Waals surface area (Å²) in [6.45, 7) is 1.78. The fourth-order valence-electron chi connectivity index (χ4n) is 3.37. The Balaban J connectivity index is 1.83. The molecule has 0 amide bonds. The number of nitrogens with zero attached hydrogens (tertiary/aromatic N) is 3. The van der Waals surface area contributed by atoms with E-state index in [9.17, 15) is 19.2 Å². The van der Waals surface area contributed by atoms with Gasteiger partial charge in [-0.2, -0.15) is 0 Å². The number of aromatic nitrogens is 4. The van der Waals surface area contributed by atoms with Crippen molar-refractivity contribution in [3.8, 4) is 5.69 Å². The van der Waals surface area contributed by atoms with Gasteiger partial charge in [-0.1, -0.05) is 41.6 Å². The number of H-pyrrole nitrogens is 1. The number of fused-ring (bicyclic) bond motifs is 1. The Kier molecular flexibility index (Phi) is 5.96. The van der Waals surface area contributed by atoms with E-state index in [1.165, 1.54) is 11.6 Å². The molecule has 0 aliphatic rings. The summed E-state index contributed by atoms with van der Waals surface area (Å²) < 4.78 is 2.38. The van der Waals surface area contributed by atoms with E-state index in [-0.39, 0.29) is 27.8 Å². The van der Waals surface area contributed by atoms with Crippen LogP contribution in [-0.4, -0.2) is 30.6 Å². The van der Waals surface area contributed by atoms with Crippen molar-refractivity contribution in [3.05, 3.63) is 89.8 Å². The third kappa shape index (κ3) is 3.98. The number of para-hydroxylation sites is 1. The Morgan fingerprint density at radius 2 is 1.88 bits per heavy atom. The van der Waals surface area contributed by atoms with Crippen molar-refractivity contribution < 1.29 is 4.79 Å². The minimum absolute atomic E-state index is 0.233. The van der Waals surface area contributed by atoms with Gasteiger partial charge in [0.25, 0.3) is 11.1 Å². The number of ketones is 1. The predicted molar refractivity (Wildman–Crippen MR) is 129 cm³/mol. The largest absolute Gasteiger partial charge is 0.384 e. The summed E-state index contributed by atoms with van der Waals surface area (Å²) >= 11 is 7.26. The first kappa shape index (κ1) is 22.6. The second-order valence-electron chi connectivity index (χ2n) is 7.23. The zero-order valence-electron chi connectivity index (χ0n) is 17.6. The van der Waals surface area contributed by atoms with E-state index < -0.39 is 17.0 Å². The van der Waals surface area contributed by atoms with Gasteiger partial charge in [-0.05, 0) is 36.8 Å². The van der Waals surface area contributed by atoms with Gasteiger partial charge < -0.3 is 5.73 Å².